The van der Waals surface area contributed by atoms with E-state index in [4.69, 9.17) is 5.73 Å². The molecule has 2 aromatic rings. The molecule has 3 N–H and O–H groups in total. The van der Waals surface area contributed by atoms with E-state index in [0.29, 0.717) is 6.42 Å². The number of nitrogens with two attached hydrogens (primary N) is 1. The second kappa shape index (κ2) is 7.03. The van der Waals surface area contributed by atoms with Crippen LogP contribution in [0.2, 0.25) is 0 Å². The van der Waals surface area contributed by atoms with Crippen molar-refractivity contribution in [3.8, 4) is 0 Å². The van der Waals surface area contributed by atoms with Gasteiger partial charge in [-0.15, -0.1) is 0 Å². The van der Waals surface area contributed by atoms with Crippen LogP contribution >= 0.6 is 0 Å². The number of nitro groups is 1. The third-order valence-electron chi connectivity index (χ3n) is 5.02. The summed E-state index contributed by atoms with van der Waals surface area (Å²) in [5.41, 5.74) is 6.79. The lowest BCUT2D eigenvalue weighted by Crippen LogP contribution is -2.41. The van der Waals surface area contributed by atoms with Gasteiger partial charge in [0.25, 0.3) is 5.69 Å². The summed E-state index contributed by atoms with van der Waals surface area (Å²) in [6.45, 7) is 0. The number of carbonyl (C=O) groups excluding carboxylic acids is 2. The molecule has 0 saturated heterocycles. The molecule has 0 radical (unpaired) electrons. The minimum absolute atomic E-state index is 0.0489. The molecule has 0 spiro atoms. The fourth-order valence-electron chi connectivity index (χ4n) is 3.69. The Hall–Kier alpha value is -3.10. The predicted molar refractivity (Wildman–Crippen MR) is 93.8 cm³/mol. The summed E-state index contributed by atoms with van der Waals surface area (Å²) in [7, 11) is 1.58. The molecule has 0 unspecified atom stereocenters. The number of primary amides is 1. The first-order chi connectivity index (χ1) is 12.4. The molecule has 1 aromatic heterocycles. The summed E-state index contributed by atoms with van der Waals surface area (Å²) >= 11 is 0. The molecule has 0 aliphatic heterocycles. The van der Waals surface area contributed by atoms with E-state index >= 15 is 0 Å². The number of rotatable bonds is 3. The Balaban J connectivity index is 1.82. The normalized spacial score (nSPS) is 19.9. The molecule has 9 nitrogen and oxygen atoms in total. The number of hydrogen-bond donors (Lipinski definition) is 2. The van der Waals surface area contributed by atoms with E-state index in [1.165, 1.54) is 11.0 Å². The second-order valence-electron chi connectivity index (χ2n) is 6.55. The van der Waals surface area contributed by atoms with Crippen LogP contribution in [0.4, 0.5) is 15.3 Å². The Labute approximate surface area is 149 Å². The number of aromatic amines is 1. The summed E-state index contributed by atoms with van der Waals surface area (Å²) in [4.78, 5) is 37.9. The number of fused-ring (bicyclic) bond motifs is 1. The van der Waals surface area contributed by atoms with Crippen LogP contribution in [-0.4, -0.2) is 40.1 Å². The molecule has 3 rings (SSSR count). The zero-order valence-corrected chi connectivity index (χ0v) is 14.3. The number of benzene rings is 1. The van der Waals surface area contributed by atoms with Crippen molar-refractivity contribution in [1.82, 2.24) is 9.88 Å². The molecular formula is C17H20N4O5. The Morgan fingerprint density at radius 1 is 1.38 bits per heavy atom. The number of nitro benzene ring substituents is 1. The van der Waals surface area contributed by atoms with Crippen LogP contribution in [0.3, 0.4) is 0 Å². The van der Waals surface area contributed by atoms with Gasteiger partial charge in [-0.2, -0.15) is 0 Å². The Morgan fingerprint density at radius 2 is 2.15 bits per heavy atom. The van der Waals surface area contributed by atoms with Crippen LogP contribution < -0.4 is 5.73 Å². The van der Waals surface area contributed by atoms with E-state index in [-0.39, 0.29) is 17.6 Å². The maximum atomic E-state index is 11.9. The number of H-pyrrole nitrogens is 1. The first-order valence-corrected chi connectivity index (χ1v) is 8.36. The van der Waals surface area contributed by atoms with Crippen LogP contribution in [0.25, 0.3) is 10.9 Å². The molecule has 1 aromatic carbocycles. The van der Waals surface area contributed by atoms with E-state index in [0.717, 1.165) is 35.7 Å². The standard InChI is InChI=1S/C17H20N4O5/c1-20(17(23)26-16(18)22)11-4-2-3-10(7-11)14-9-19-15-6-5-12(21(24)25)8-13(14)15/h5-6,8-11,19H,2-4,7H2,1H3,(H2,18,22)/t10-,11+/m0/s1. The van der Waals surface area contributed by atoms with Crippen molar-refractivity contribution >= 4 is 28.8 Å². The fourth-order valence-corrected chi connectivity index (χ4v) is 3.69. The third-order valence-corrected chi connectivity index (χ3v) is 5.02. The summed E-state index contributed by atoms with van der Waals surface area (Å²) in [5, 5.41) is 11.9. The highest BCUT2D eigenvalue weighted by Crippen LogP contribution is 2.38. The summed E-state index contributed by atoms with van der Waals surface area (Å²) in [6, 6.07) is 4.66. The fraction of sp³-hybridized carbons (Fsp3) is 0.412. The highest BCUT2D eigenvalue weighted by molar-refractivity contribution is 5.86. The number of aromatic nitrogens is 1. The van der Waals surface area contributed by atoms with Crippen LogP contribution in [0.15, 0.2) is 24.4 Å². The minimum Gasteiger partial charge on any atom is -0.361 e. The molecule has 2 atom stereocenters. The molecular weight excluding hydrogens is 340 g/mol. The molecule has 1 saturated carbocycles. The quantitative estimate of drug-likeness (QED) is 0.492. The van der Waals surface area contributed by atoms with Gasteiger partial charge in [-0.25, -0.2) is 9.59 Å². The lowest BCUT2D eigenvalue weighted by molar-refractivity contribution is -0.384. The van der Waals surface area contributed by atoms with Crippen molar-refractivity contribution in [3.05, 3.63) is 40.1 Å². The van der Waals surface area contributed by atoms with Crippen molar-refractivity contribution in [3.63, 3.8) is 0 Å². The van der Waals surface area contributed by atoms with E-state index in [1.54, 1.807) is 19.2 Å². The van der Waals surface area contributed by atoms with Crippen LogP contribution in [0.5, 0.6) is 0 Å². The predicted octanol–water partition coefficient (Wildman–Crippen LogP) is 3.25. The number of ether oxygens (including phenoxy) is 1. The minimum atomic E-state index is -1.13. The Bertz CT molecular complexity index is 862. The topological polar surface area (TPSA) is 132 Å². The Morgan fingerprint density at radius 3 is 2.85 bits per heavy atom. The molecule has 1 heterocycles. The van der Waals surface area contributed by atoms with Crippen LogP contribution in [0, 0.1) is 10.1 Å². The summed E-state index contributed by atoms with van der Waals surface area (Å²) in [6.07, 6.45) is 3.28. The SMILES string of the molecule is CN(C(=O)OC(N)=O)[C@@H]1CCC[C@H](c2c[nH]c3ccc([N+](=O)[O-])cc23)C1. The van der Waals surface area contributed by atoms with Crippen molar-refractivity contribution in [2.75, 3.05) is 7.05 Å². The van der Waals surface area contributed by atoms with Crippen molar-refractivity contribution in [2.45, 2.75) is 37.6 Å². The molecule has 1 aliphatic carbocycles. The monoisotopic (exact) mass is 360 g/mol. The summed E-state index contributed by atoms with van der Waals surface area (Å²) in [5.74, 6) is 0.147. The van der Waals surface area contributed by atoms with Gasteiger partial charge in [0.15, 0.2) is 0 Å². The maximum absolute atomic E-state index is 11.9. The Kier molecular flexibility index (Phi) is 4.79. The van der Waals surface area contributed by atoms with E-state index in [2.05, 4.69) is 9.72 Å². The largest absolute Gasteiger partial charge is 0.418 e. The third kappa shape index (κ3) is 3.46. The number of non-ortho nitro benzene ring substituents is 1. The van der Waals surface area contributed by atoms with Gasteiger partial charge in [0.05, 0.1) is 4.92 Å². The smallest absolute Gasteiger partial charge is 0.361 e. The lowest BCUT2D eigenvalue weighted by atomic mass is 9.81. The zero-order valence-electron chi connectivity index (χ0n) is 14.3. The van der Waals surface area contributed by atoms with Gasteiger partial charge in [0.1, 0.15) is 0 Å². The molecule has 26 heavy (non-hydrogen) atoms. The highest BCUT2D eigenvalue weighted by atomic mass is 16.6. The number of nitrogens with zero attached hydrogens (tertiary/aromatic N) is 2. The molecule has 1 aliphatic rings. The average molecular weight is 360 g/mol. The van der Waals surface area contributed by atoms with Gasteiger partial charge < -0.3 is 20.4 Å². The number of nitrogens with one attached hydrogen (secondary N) is 1. The molecule has 1 fully saturated rings. The second-order valence-corrected chi connectivity index (χ2v) is 6.55. The van der Waals surface area contributed by atoms with Gasteiger partial charge in [-0.05, 0) is 36.8 Å². The van der Waals surface area contributed by atoms with E-state index < -0.39 is 17.1 Å². The van der Waals surface area contributed by atoms with Crippen LogP contribution in [-0.2, 0) is 4.74 Å². The van der Waals surface area contributed by atoms with Crippen molar-refractivity contribution in [2.24, 2.45) is 5.73 Å². The molecule has 138 valence electrons. The van der Waals surface area contributed by atoms with Crippen molar-refractivity contribution < 1.29 is 19.2 Å². The molecule has 2 amide bonds. The van der Waals surface area contributed by atoms with Crippen LogP contribution in [0.1, 0.15) is 37.2 Å². The first kappa shape index (κ1) is 17.7. The van der Waals surface area contributed by atoms with Gasteiger partial charge >= 0.3 is 12.2 Å². The van der Waals surface area contributed by atoms with Gasteiger partial charge in [0, 0.05) is 42.3 Å². The molecule has 9 heteroatoms. The first-order valence-electron chi connectivity index (χ1n) is 8.36. The highest BCUT2D eigenvalue weighted by Gasteiger charge is 2.31. The van der Waals surface area contributed by atoms with Crippen molar-refractivity contribution in [1.29, 1.82) is 0 Å². The van der Waals surface area contributed by atoms with Gasteiger partial charge in [-0.1, -0.05) is 6.42 Å². The van der Waals surface area contributed by atoms with E-state index in [1.807, 2.05) is 6.20 Å². The molecule has 0 bridgehead atoms. The number of carbonyl (C=O) groups is 2. The van der Waals surface area contributed by atoms with Gasteiger partial charge in [-0.3, -0.25) is 10.1 Å². The maximum Gasteiger partial charge on any atom is 0.418 e. The van der Waals surface area contributed by atoms with Gasteiger partial charge in [0.2, 0.25) is 0 Å². The van der Waals surface area contributed by atoms with E-state index in [9.17, 15) is 19.7 Å². The average Bonchev–Trinajstić information content (AvgIpc) is 3.03. The lowest BCUT2D eigenvalue weighted by Gasteiger charge is -2.34. The number of hydrogen-bond acceptors (Lipinski definition) is 5. The number of amides is 2. The zero-order chi connectivity index (χ0) is 18.8. The summed E-state index contributed by atoms with van der Waals surface area (Å²) < 4.78 is 4.45.